The van der Waals surface area contributed by atoms with E-state index in [9.17, 15) is 14.7 Å². The molecule has 0 bridgehead atoms. The van der Waals surface area contributed by atoms with Gasteiger partial charge < -0.3 is 19.5 Å². The summed E-state index contributed by atoms with van der Waals surface area (Å²) in [5.74, 6) is -0.555. The Labute approximate surface area is 157 Å². The number of aliphatic hydroxyl groups excluding tert-OH is 1. The van der Waals surface area contributed by atoms with Gasteiger partial charge in [-0.1, -0.05) is 28.1 Å². The van der Waals surface area contributed by atoms with Crippen LogP contribution in [0, 0.1) is 0 Å². The number of rotatable bonds is 2. The van der Waals surface area contributed by atoms with Crippen LogP contribution in [0.15, 0.2) is 52.5 Å². The highest BCUT2D eigenvalue weighted by Crippen LogP contribution is 2.41. The van der Waals surface area contributed by atoms with Crippen LogP contribution in [0.3, 0.4) is 0 Å². The molecular formula is C19H14BrNO5. The van der Waals surface area contributed by atoms with Crippen LogP contribution in [0.1, 0.15) is 17.2 Å². The van der Waals surface area contributed by atoms with Gasteiger partial charge in [-0.05, 0) is 35.9 Å². The number of likely N-dealkylation sites (tertiary alicyclic amines) is 1. The lowest BCUT2D eigenvalue weighted by Crippen LogP contribution is -2.24. The molecule has 2 heterocycles. The summed E-state index contributed by atoms with van der Waals surface area (Å²) in [5, 5.41) is 10.8. The fraction of sp³-hybridized carbons (Fsp3) is 0.158. The van der Waals surface area contributed by atoms with Gasteiger partial charge in [-0.3, -0.25) is 9.59 Å². The van der Waals surface area contributed by atoms with Crippen molar-refractivity contribution >= 4 is 33.4 Å². The van der Waals surface area contributed by atoms with Crippen LogP contribution in [-0.4, -0.2) is 35.5 Å². The van der Waals surface area contributed by atoms with Crippen LogP contribution in [0.5, 0.6) is 11.5 Å². The number of hydrogen-bond acceptors (Lipinski definition) is 5. The van der Waals surface area contributed by atoms with Crippen LogP contribution in [0.25, 0.3) is 5.76 Å². The lowest BCUT2D eigenvalue weighted by atomic mass is 9.95. The molecule has 1 unspecified atom stereocenters. The van der Waals surface area contributed by atoms with Crippen molar-refractivity contribution in [1.29, 1.82) is 0 Å². The highest BCUT2D eigenvalue weighted by atomic mass is 79.9. The van der Waals surface area contributed by atoms with Gasteiger partial charge in [0.15, 0.2) is 11.5 Å². The normalized spacial score (nSPS) is 20.7. The largest absolute Gasteiger partial charge is 0.507 e. The van der Waals surface area contributed by atoms with Crippen LogP contribution < -0.4 is 9.47 Å². The molecule has 1 saturated heterocycles. The summed E-state index contributed by atoms with van der Waals surface area (Å²) < 4.78 is 11.4. The molecule has 1 atom stereocenters. The number of carbonyl (C=O) groups is 2. The van der Waals surface area contributed by atoms with Crippen LogP contribution in [-0.2, 0) is 9.59 Å². The zero-order valence-corrected chi connectivity index (χ0v) is 15.3. The molecule has 2 aliphatic heterocycles. The van der Waals surface area contributed by atoms with E-state index >= 15 is 0 Å². The standard InChI is InChI=1S/C19H14BrNO5/c1-21-16(10-3-2-4-12(20)7-10)15(18(23)19(21)24)17(22)11-5-6-13-14(8-11)26-9-25-13/h2-8,16,22H,9H2,1H3/b17-15+. The van der Waals surface area contributed by atoms with Gasteiger partial charge in [0.25, 0.3) is 11.7 Å². The van der Waals surface area contributed by atoms with Crippen molar-refractivity contribution in [2.24, 2.45) is 0 Å². The molecule has 132 valence electrons. The van der Waals surface area contributed by atoms with Gasteiger partial charge in [-0.2, -0.15) is 0 Å². The van der Waals surface area contributed by atoms with Crippen molar-refractivity contribution < 1.29 is 24.2 Å². The Morgan fingerprint density at radius 1 is 1.15 bits per heavy atom. The van der Waals surface area contributed by atoms with Crippen molar-refractivity contribution in [2.75, 3.05) is 13.8 Å². The highest BCUT2D eigenvalue weighted by molar-refractivity contribution is 9.10. The molecule has 1 amide bonds. The van der Waals surface area contributed by atoms with E-state index in [2.05, 4.69) is 15.9 Å². The first-order valence-corrected chi connectivity index (χ1v) is 8.67. The van der Waals surface area contributed by atoms with E-state index in [1.807, 2.05) is 24.3 Å². The molecule has 1 N–H and O–H groups in total. The minimum Gasteiger partial charge on any atom is -0.507 e. The molecular weight excluding hydrogens is 402 g/mol. The molecule has 2 aliphatic rings. The molecule has 7 heteroatoms. The molecule has 0 saturated carbocycles. The average Bonchev–Trinajstić information content (AvgIpc) is 3.19. The van der Waals surface area contributed by atoms with E-state index < -0.39 is 17.7 Å². The van der Waals surface area contributed by atoms with Gasteiger partial charge in [-0.15, -0.1) is 0 Å². The number of likely N-dealkylation sites (N-methyl/N-ethyl adjacent to an activating group) is 1. The summed E-state index contributed by atoms with van der Waals surface area (Å²) in [6, 6.07) is 11.5. The summed E-state index contributed by atoms with van der Waals surface area (Å²) in [6.07, 6.45) is 0. The highest BCUT2D eigenvalue weighted by Gasteiger charge is 2.44. The van der Waals surface area contributed by atoms with Gasteiger partial charge >= 0.3 is 0 Å². The molecule has 26 heavy (non-hydrogen) atoms. The van der Waals surface area contributed by atoms with E-state index in [1.54, 1.807) is 25.2 Å². The maximum absolute atomic E-state index is 12.6. The predicted octanol–water partition coefficient (Wildman–Crippen LogP) is 3.23. The maximum Gasteiger partial charge on any atom is 0.295 e. The monoisotopic (exact) mass is 415 g/mol. The van der Waals surface area contributed by atoms with Gasteiger partial charge in [0.05, 0.1) is 11.6 Å². The number of ketones is 1. The third-order valence-electron chi connectivity index (χ3n) is 4.49. The SMILES string of the molecule is CN1C(=O)C(=O)/C(=C(/O)c2ccc3c(c2)OCO3)C1c1cccc(Br)c1. The maximum atomic E-state index is 12.6. The number of aliphatic hydroxyl groups is 1. The number of nitrogens with zero attached hydrogens (tertiary/aromatic N) is 1. The molecule has 6 nitrogen and oxygen atoms in total. The first-order valence-electron chi connectivity index (χ1n) is 7.87. The Hall–Kier alpha value is -2.80. The Bertz CT molecular complexity index is 968. The second-order valence-electron chi connectivity index (χ2n) is 6.03. The number of amides is 1. The second-order valence-corrected chi connectivity index (χ2v) is 6.95. The van der Waals surface area contributed by atoms with Crippen LogP contribution in [0.2, 0.25) is 0 Å². The van der Waals surface area contributed by atoms with E-state index in [0.29, 0.717) is 17.1 Å². The van der Waals surface area contributed by atoms with Gasteiger partial charge in [0.2, 0.25) is 6.79 Å². The summed E-state index contributed by atoms with van der Waals surface area (Å²) in [7, 11) is 1.55. The number of carbonyl (C=O) groups excluding carboxylic acids is 2. The third kappa shape index (κ3) is 2.55. The first-order chi connectivity index (χ1) is 12.5. The molecule has 2 aromatic rings. The predicted molar refractivity (Wildman–Crippen MR) is 96.8 cm³/mol. The van der Waals surface area contributed by atoms with Gasteiger partial charge in [0, 0.05) is 17.1 Å². The smallest absolute Gasteiger partial charge is 0.295 e. The quantitative estimate of drug-likeness (QED) is 0.462. The Morgan fingerprint density at radius 2 is 1.92 bits per heavy atom. The Balaban J connectivity index is 1.86. The summed E-state index contributed by atoms with van der Waals surface area (Å²) >= 11 is 3.40. The van der Waals surface area contributed by atoms with Gasteiger partial charge in [0.1, 0.15) is 5.76 Å². The van der Waals surface area contributed by atoms with E-state index in [4.69, 9.17) is 9.47 Å². The Kier molecular flexibility index (Phi) is 3.96. The minimum atomic E-state index is -0.715. The zero-order chi connectivity index (χ0) is 18.4. The fourth-order valence-corrected chi connectivity index (χ4v) is 3.63. The molecule has 0 aliphatic carbocycles. The minimum absolute atomic E-state index is 0.0504. The molecule has 1 fully saturated rings. The molecule has 2 aromatic carbocycles. The van der Waals surface area contributed by atoms with Crippen LogP contribution >= 0.6 is 15.9 Å². The number of hydrogen-bond donors (Lipinski definition) is 1. The third-order valence-corrected chi connectivity index (χ3v) is 4.98. The lowest BCUT2D eigenvalue weighted by Gasteiger charge is -2.21. The van der Waals surface area contributed by atoms with Crippen molar-refractivity contribution in [3.63, 3.8) is 0 Å². The van der Waals surface area contributed by atoms with Crippen molar-refractivity contribution in [2.45, 2.75) is 6.04 Å². The molecule has 0 spiro atoms. The summed E-state index contributed by atoms with van der Waals surface area (Å²) in [4.78, 5) is 26.2. The van der Waals surface area contributed by atoms with E-state index in [1.165, 1.54) is 4.90 Å². The zero-order valence-electron chi connectivity index (χ0n) is 13.7. The number of fused-ring (bicyclic) bond motifs is 1. The van der Waals surface area contributed by atoms with E-state index in [0.717, 1.165) is 10.0 Å². The number of benzene rings is 2. The van der Waals surface area contributed by atoms with Crippen LogP contribution in [0.4, 0.5) is 0 Å². The lowest BCUT2D eigenvalue weighted by molar-refractivity contribution is -0.139. The number of Topliss-reactive ketones (excluding diaryl/α,β-unsaturated/α-hetero) is 1. The molecule has 0 radical (unpaired) electrons. The van der Waals surface area contributed by atoms with Gasteiger partial charge in [-0.25, -0.2) is 0 Å². The van der Waals surface area contributed by atoms with Crippen molar-refractivity contribution in [3.05, 3.63) is 63.6 Å². The first kappa shape index (κ1) is 16.7. The number of ether oxygens (including phenoxy) is 2. The fourth-order valence-electron chi connectivity index (χ4n) is 3.21. The number of halogens is 1. The molecule has 0 aromatic heterocycles. The topological polar surface area (TPSA) is 76.1 Å². The second kappa shape index (κ2) is 6.17. The average molecular weight is 416 g/mol. The van der Waals surface area contributed by atoms with E-state index in [-0.39, 0.29) is 18.1 Å². The summed E-state index contributed by atoms with van der Waals surface area (Å²) in [5.41, 5.74) is 1.17. The van der Waals surface area contributed by atoms with Crippen molar-refractivity contribution in [3.8, 4) is 11.5 Å². The van der Waals surface area contributed by atoms with Crippen molar-refractivity contribution in [1.82, 2.24) is 4.90 Å². The Morgan fingerprint density at radius 3 is 2.69 bits per heavy atom. The summed E-state index contributed by atoms with van der Waals surface area (Å²) in [6.45, 7) is 0.108. The molecule has 4 rings (SSSR count).